The van der Waals surface area contributed by atoms with Crippen LogP contribution >= 0.6 is 12.4 Å². The van der Waals surface area contributed by atoms with E-state index in [2.05, 4.69) is 27.4 Å². The van der Waals surface area contributed by atoms with Crippen molar-refractivity contribution in [3.63, 3.8) is 0 Å². The van der Waals surface area contributed by atoms with Crippen molar-refractivity contribution in [2.24, 2.45) is 5.92 Å². The molecule has 8 heteroatoms. The predicted molar refractivity (Wildman–Crippen MR) is 95.4 cm³/mol. The summed E-state index contributed by atoms with van der Waals surface area (Å²) in [5.41, 5.74) is 0. The molecule has 2 atom stereocenters. The highest BCUT2D eigenvalue weighted by atomic mass is 35.5. The largest absolute Gasteiger partial charge is 0.337 e. The predicted octanol–water partition coefficient (Wildman–Crippen LogP) is 1.92. The number of likely N-dealkylation sites (N-methyl/N-ethyl adjacent to an activating group) is 1. The van der Waals surface area contributed by atoms with Crippen molar-refractivity contribution in [2.75, 3.05) is 33.2 Å². The summed E-state index contributed by atoms with van der Waals surface area (Å²) in [6.07, 6.45) is 6.39. The standard InChI is InChI=1S/C17H27N5O2.ClH/c1-21-10-8-18-11-14(21)15-19-16(24-20-15)13-7-4-9-22(13)17(23)12-5-2-3-6-12;/h12-14,18H,2-11H2,1H3;1H. The van der Waals surface area contributed by atoms with Crippen LogP contribution in [-0.4, -0.2) is 59.1 Å². The number of nitrogens with zero attached hydrogens (tertiary/aromatic N) is 4. The van der Waals surface area contributed by atoms with E-state index >= 15 is 0 Å². The number of aromatic nitrogens is 2. The van der Waals surface area contributed by atoms with Crippen LogP contribution in [0.2, 0.25) is 0 Å². The van der Waals surface area contributed by atoms with Crippen molar-refractivity contribution in [3.05, 3.63) is 11.7 Å². The summed E-state index contributed by atoms with van der Waals surface area (Å²) in [5.74, 6) is 1.86. The van der Waals surface area contributed by atoms with Crippen LogP contribution in [0.1, 0.15) is 62.3 Å². The fraction of sp³-hybridized carbons (Fsp3) is 0.824. The minimum absolute atomic E-state index is 0. The van der Waals surface area contributed by atoms with E-state index < -0.39 is 0 Å². The molecule has 0 bridgehead atoms. The first-order valence-electron chi connectivity index (χ1n) is 9.29. The van der Waals surface area contributed by atoms with Crippen LogP contribution < -0.4 is 5.32 Å². The van der Waals surface area contributed by atoms with Crippen molar-refractivity contribution in [1.29, 1.82) is 0 Å². The Balaban J connectivity index is 0.00000182. The summed E-state index contributed by atoms with van der Waals surface area (Å²) in [7, 11) is 2.09. The summed E-state index contributed by atoms with van der Waals surface area (Å²) >= 11 is 0. The van der Waals surface area contributed by atoms with Gasteiger partial charge in [0.1, 0.15) is 6.04 Å². The zero-order valence-corrected chi connectivity index (χ0v) is 15.6. The third-order valence-electron chi connectivity index (χ3n) is 5.79. The van der Waals surface area contributed by atoms with E-state index in [0.717, 1.165) is 57.7 Å². The second-order valence-corrected chi connectivity index (χ2v) is 7.36. The highest BCUT2D eigenvalue weighted by Gasteiger charge is 2.38. The van der Waals surface area contributed by atoms with Crippen molar-refractivity contribution in [1.82, 2.24) is 25.3 Å². The zero-order chi connectivity index (χ0) is 16.5. The SMILES string of the molecule is CN1CCNCC1c1noc(C2CCCN2C(=O)C2CCCC2)n1.Cl. The summed E-state index contributed by atoms with van der Waals surface area (Å²) in [6.45, 7) is 3.63. The number of carbonyl (C=O) groups is 1. The highest BCUT2D eigenvalue weighted by Crippen LogP contribution is 2.36. The first-order chi connectivity index (χ1) is 11.7. The van der Waals surface area contributed by atoms with Gasteiger partial charge in [-0.1, -0.05) is 18.0 Å². The van der Waals surface area contributed by atoms with Gasteiger partial charge in [0, 0.05) is 32.1 Å². The lowest BCUT2D eigenvalue weighted by Gasteiger charge is -2.30. The van der Waals surface area contributed by atoms with Crippen LogP contribution in [0.15, 0.2) is 4.52 Å². The van der Waals surface area contributed by atoms with Gasteiger partial charge in [-0.3, -0.25) is 9.69 Å². The Morgan fingerprint density at radius 3 is 2.72 bits per heavy atom. The lowest BCUT2D eigenvalue weighted by molar-refractivity contribution is -0.136. The first kappa shape index (κ1) is 18.6. The van der Waals surface area contributed by atoms with Gasteiger partial charge in [-0.2, -0.15) is 4.98 Å². The molecule has 3 fully saturated rings. The van der Waals surface area contributed by atoms with E-state index in [4.69, 9.17) is 4.52 Å². The fourth-order valence-corrected chi connectivity index (χ4v) is 4.31. The zero-order valence-electron chi connectivity index (χ0n) is 14.8. The monoisotopic (exact) mass is 369 g/mol. The Bertz CT molecular complexity index is 589. The number of likely N-dealkylation sites (tertiary alicyclic amines) is 1. The molecule has 1 N–H and O–H groups in total. The van der Waals surface area contributed by atoms with Crippen molar-refractivity contribution in [2.45, 2.75) is 50.6 Å². The Hall–Kier alpha value is -1.18. The second-order valence-electron chi connectivity index (χ2n) is 7.36. The van der Waals surface area contributed by atoms with Crippen LogP contribution in [0, 0.1) is 5.92 Å². The van der Waals surface area contributed by atoms with E-state index in [0.29, 0.717) is 11.8 Å². The summed E-state index contributed by atoms with van der Waals surface area (Å²) < 4.78 is 5.58. The van der Waals surface area contributed by atoms with E-state index in [1.807, 2.05) is 4.90 Å². The lowest BCUT2D eigenvalue weighted by atomic mass is 10.1. The molecule has 1 aromatic heterocycles. The van der Waals surface area contributed by atoms with Crippen molar-refractivity contribution < 1.29 is 9.32 Å². The molecular formula is C17H28ClN5O2. The summed E-state index contributed by atoms with van der Waals surface area (Å²) in [5, 5.41) is 7.60. The quantitative estimate of drug-likeness (QED) is 0.877. The third kappa shape index (κ3) is 3.68. The van der Waals surface area contributed by atoms with Gasteiger partial charge in [-0.15, -0.1) is 12.4 Å². The Morgan fingerprint density at radius 2 is 1.96 bits per heavy atom. The number of hydrogen-bond acceptors (Lipinski definition) is 6. The molecule has 0 aromatic carbocycles. The smallest absolute Gasteiger partial charge is 0.249 e. The van der Waals surface area contributed by atoms with Crippen molar-refractivity contribution >= 4 is 18.3 Å². The Kier molecular flexibility index (Phi) is 5.96. The van der Waals surface area contributed by atoms with Gasteiger partial charge in [0.2, 0.25) is 11.8 Å². The molecule has 0 spiro atoms. The fourth-order valence-electron chi connectivity index (χ4n) is 4.31. The van der Waals surface area contributed by atoms with Gasteiger partial charge in [0.15, 0.2) is 5.82 Å². The highest BCUT2D eigenvalue weighted by molar-refractivity contribution is 5.85. The summed E-state index contributed by atoms with van der Waals surface area (Å²) in [6, 6.07) is 0.123. The molecule has 4 rings (SSSR count). The molecule has 1 saturated carbocycles. The van der Waals surface area contributed by atoms with E-state index in [1.165, 1.54) is 12.8 Å². The van der Waals surface area contributed by atoms with Crippen LogP contribution in [-0.2, 0) is 4.79 Å². The van der Waals surface area contributed by atoms with E-state index in [-0.39, 0.29) is 30.4 Å². The van der Waals surface area contributed by atoms with Crippen LogP contribution in [0.3, 0.4) is 0 Å². The molecule has 1 amide bonds. The van der Waals surface area contributed by atoms with Crippen LogP contribution in [0.25, 0.3) is 0 Å². The maximum atomic E-state index is 12.8. The van der Waals surface area contributed by atoms with Gasteiger partial charge in [-0.25, -0.2) is 0 Å². The minimum Gasteiger partial charge on any atom is -0.337 e. The average Bonchev–Trinajstić information content (AvgIpc) is 3.34. The van der Waals surface area contributed by atoms with Gasteiger partial charge >= 0.3 is 0 Å². The van der Waals surface area contributed by atoms with E-state index in [1.54, 1.807) is 0 Å². The molecule has 0 radical (unpaired) electrons. The Morgan fingerprint density at radius 1 is 1.16 bits per heavy atom. The molecule has 7 nitrogen and oxygen atoms in total. The minimum atomic E-state index is -0.0267. The molecular weight excluding hydrogens is 342 g/mol. The molecule has 3 aliphatic rings. The van der Waals surface area contributed by atoms with Crippen LogP contribution in [0.5, 0.6) is 0 Å². The Labute approximate surface area is 154 Å². The molecule has 2 aliphatic heterocycles. The van der Waals surface area contributed by atoms with Crippen LogP contribution in [0.4, 0.5) is 0 Å². The van der Waals surface area contributed by atoms with Gasteiger partial charge < -0.3 is 14.7 Å². The van der Waals surface area contributed by atoms with Gasteiger partial charge in [-0.05, 0) is 32.7 Å². The number of piperazine rings is 1. The molecule has 2 unspecified atom stereocenters. The number of halogens is 1. The topological polar surface area (TPSA) is 74.5 Å². The second kappa shape index (κ2) is 8.01. The maximum Gasteiger partial charge on any atom is 0.249 e. The first-order valence-corrected chi connectivity index (χ1v) is 9.29. The molecule has 3 heterocycles. The summed E-state index contributed by atoms with van der Waals surface area (Å²) in [4.78, 5) is 21.7. The molecule has 1 aliphatic carbocycles. The number of hydrogen-bond donors (Lipinski definition) is 1. The van der Waals surface area contributed by atoms with Crippen molar-refractivity contribution in [3.8, 4) is 0 Å². The maximum absolute atomic E-state index is 12.8. The number of amides is 1. The number of nitrogens with one attached hydrogen (secondary N) is 1. The molecule has 2 saturated heterocycles. The number of carbonyl (C=O) groups excluding carboxylic acids is 1. The third-order valence-corrected chi connectivity index (χ3v) is 5.79. The molecule has 25 heavy (non-hydrogen) atoms. The molecule has 1 aromatic rings. The average molecular weight is 370 g/mol. The molecule has 140 valence electrons. The number of rotatable bonds is 3. The van der Waals surface area contributed by atoms with Gasteiger partial charge in [0.05, 0.1) is 6.04 Å². The lowest BCUT2D eigenvalue weighted by Crippen LogP contribution is -2.44. The normalized spacial score (nSPS) is 28.3. The van der Waals surface area contributed by atoms with E-state index in [9.17, 15) is 4.79 Å². The van der Waals surface area contributed by atoms with Gasteiger partial charge in [0.25, 0.3) is 0 Å².